The molecule has 0 unspecified atom stereocenters. The standard InChI is InChI=1S/C5H5BF3OS/c1-10-4-2-3-11-5(4)6(7,8)9/h2-3H,1H3/q-1. The maximum atomic E-state index is 12.1. The van der Waals surface area contributed by atoms with E-state index in [2.05, 4.69) is 4.74 Å². The molecule has 0 aromatic carbocycles. The lowest BCUT2D eigenvalue weighted by Crippen LogP contribution is -2.32. The molecule has 6 heteroatoms. The number of halogens is 3. The summed E-state index contributed by atoms with van der Waals surface area (Å²) in [6.45, 7) is -4.90. The normalized spacial score (nSPS) is 11.6. The molecule has 0 amide bonds. The van der Waals surface area contributed by atoms with Crippen molar-refractivity contribution in [2.24, 2.45) is 0 Å². The molecule has 0 spiro atoms. The van der Waals surface area contributed by atoms with Crippen molar-refractivity contribution in [3.63, 3.8) is 0 Å². The molecule has 0 aliphatic carbocycles. The van der Waals surface area contributed by atoms with Crippen molar-refractivity contribution >= 4 is 23.1 Å². The summed E-state index contributed by atoms with van der Waals surface area (Å²) in [7, 11) is 1.23. The van der Waals surface area contributed by atoms with E-state index >= 15 is 0 Å². The highest BCUT2D eigenvalue weighted by atomic mass is 32.1. The molecule has 1 rings (SSSR count). The van der Waals surface area contributed by atoms with Crippen LogP contribution < -0.4 is 9.51 Å². The number of thiophene rings is 1. The molecule has 0 atom stereocenters. The second kappa shape index (κ2) is 2.77. The molecule has 0 bridgehead atoms. The van der Waals surface area contributed by atoms with Crippen molar-refractivity contribution in [3.05, 3.63) is 11.4 Å². The van der Waals surface area contributed by atoms with Crippen molar-refractivity contribution in [1.82, 2.24) is 0 Å². The third kappa shape index (κ3) is 1.68. The van der Waals surface area contributed by atoms with E-state index in [4.69, 9.17) is 0 Å². The minimum absolute atomic E-state index is 0.0810. The molecule has 1 heterocycles. The lowest BCUT2D eigenvalue weighted by atomic mass is 9.89. The molecule has 0 fully saturated rings. The predicted molar refractivity (Wildman–Crippen MR) is 39.6 cm³/mol. The van der Waals surface area contributed by atoms with E-state index in [1.54, 1.807) is 0 Å². The maximum absolute atomic E-state index is 12.1. The van der Waals surface area contributed by atoms with Crippen molar-refractivity contribution in [2.75, 3.05) is 7.11 Å². The van der Waals surface area contributed by atoms with Crippen LogP contribution in [0.25, 0.3) is 0 Å². The average Bonchev–Trinajstić information content (AvgIpc) is 2.31. The van der Waals surface area contributed by atoms with Gasteiger partial charge in [-0.1, -0.05) is 0 Å². The van der Waals surface area contributed by atoms with Crippen LogP contribution in [0.3, 0.4) is 0 Å². The smallest absolute Gasteiger partial charge is 0.499 e. The summed E-state index contributed by atoms with van der Waals surface area (Å²) in [6.07, 6.45) is 0. The van der Waals surface area contributed by atoms with Crippen LogP contribution in [0, 0.1) is 0 Å². The number of rotatable bonds is 2. The average molecular weight is 181 g/mol. The van der Waals surface area contributed by atoms with E-state index in [-0.39, 0.29) is 5.75 Å². The fraction of sp³-hybridized carbons (Fsp3) is 0.200. The van der Waals surface area contributed by atoms with E-state index in [9.17, 15) is 12.9 Å². The third-order valence-electron chi connectivity index (χ3n) is 1.17. The zero-order chi connectivity index (χ0) is 8.48. The second-order valence-electron chi connectivity index (χ2n) is 1.93. The minimum atomic E-state index is -4.90. The summed E-state index contributed by atoms with van der Waals surface area (Å²) in [5, 5.41) is 1.36. The van der Waals surface area contributed by atoms with Crippen LogP contribution >= 0.6 is 11.3 Å². The van der Waals surface area contributed by atoms with Crippen molar-refractivity contribution in [1.29, 1.82) is 0 Å². The van der Waals surface area contributed by atoms with Gasteiger partial charge in [0.25, 0.3) is 0 Å². The van der Waals surface area contributed by atoms with E-state index in [1.807, 2.05) is 0 Å². The van der Waals surface area contributed by atoms with Gasteiger partial charge < -0.3 is 17.7 Å². The SMILES string of the molecule is COc1ccsc1[B-](F)(F)F. The Labute approximate surface area is 65.9 Å². The Morgan fingerprint density at radius 1 is 1.45 bits per heavy atom. The van der Waals surface area contributed by atoms with Crippen molar-refractivity contribution in [3.8, 4) is 5.75 Å². The van der Waals surface area contributed by atoms with Gasteiger partial charge in [-0.15, -0.1) is 0 Å². The molecule has 0 N–H and O–H groups in total. The van der Waals surface area contributed by atoms with Gasteiger partial charge in [0.05, 0.1) is 7.11 Å². The zero-order valence-corrected chi connectivity index (χ0v) is 6.50. The Morgan fingerprint density at radius 3 is 2.45 bits per heavy atom. The van der Waals surface area contributed by atoms with Gasteiger partial charge in [-0.25, -0.2) is 0 Å². The summed E-state index contributed by atoms with van der Waals surface area (Å²) in [4.78, 5) is 0. The number of hydrogen-bond acceptors (Lipinski definition) is 2. The highest BCUT2D eigenvalue weighted by Gasteiger charge is 2.30. The van der Waals surface area contributed by atoms with Crippen LogP contribution in [0.1, 0.15) is 0 Å². The molecule has 0 radical (unpaired) electrons. The fourth-order valence-corrected chi connectivity index (χ4v) is 1.48. The zero-order valence-electron chi connectivity index (χ0n) is 5.68. The fourth-order valence-electron chi connectivity index (χ4n) is 0.716. The summed E-state index contributed by atoms with van der Waals surface area (Å²) in [5.74, 6) is -0.0810. The van der Waals surface area contributed by atoms with Crippen molar-refractivity contribution < 1.29 is 17.7 Å². The van der Waals surface area contributed by atoms with Crippen LogP contribution in [0.15, 0.2) is 11.4 Å². The highest BCUT2D eigenvalue weighted by Crippen LogP contribution is 2.21. The van der Waals surface area contributed by atoms with E-state index in [0.717, 1.165) is 0 Å². The van der Waals surface area contributed by atoms with Crippen LogP contribution in [0.4, 0.5) is 12.9 Å². The van der Waals surface area contributed by atoms with Gasteiger partial charge in [0, 0.05) is 0 Å². The molecule has 1 aromatic heterocycles. The van der Waals surface area contributed by atoms with Gasteiger partial charge in [0.2, 0.25) is 0 Å². The molecular formula is C5H5BF3OS-. The first-order valence-corrected chi connectivity index (χ1v) is 3.75. The van der Waals surface area contributed by atoms with Crippen LogP contribution in [0.5, 0.6) is 5.75 Å². The molecule has 0 aliphatic rings. The topological polar surface area (TPSA) is 9.23 Å². The van der Waals surface area contributed by atoms with Gasteiger partial charge in [-0.3, -0.25) is 0 Å². The monoisotopic (exact) mass is 181 g/mol. The minimum Gasteiger partial charge on any atom is -0.499 e. The first kappa shape index (κ1) is 8.45. The van der Waals surface area contributed by atoms with Gasteiger partial charge in [0.15, 0.2) is 0 Å². The van der Waals surface area contributed by atoms with E-state index < -0.39 is 11.8 Å². The Kier molecular flexibility index (Phi) is 2.13. The third-order valence-corrected chi connectivity index (χ3v) is 2.17. The number of hydrogen-bond donors (Lipinski definition) is 0. The molecule has 1 aromatic rings. The van der Waals surface area contributed by atoms with Gasteiger partial charge in [-0.2, -0.15) is 11.3 Å². The Hall–Kier alpha value is -0.645. The van der Waals surface area contributed by atoms with Crippen molar-refractivity contribution in [2.45, 2.75) is 0 Å². The lowest BCUT2D eigenvalue weighted by Gasteiger charge is -2.13. The largest absolute Gasteiger partial charge is 0.523 e. The first-order chi connectivity index (χ1) is 5.05. The highest BCUT2D eigenvalue weighted by molar-refractivity contribution is 7.23. The van der Waals surface area contributed by atoms with Crippen LogP contribution in [-0.4, -0.2) is 14.1 Å². The maximum Gasteiger partial charge on any atom is 0.523 e. The van der Waals surface area contributed by atoms with E-state index in [1.165, 1.54) is 18.6 Å². The summed E-state index contributed by atoms with van der Waals surface area (Å²) < 4.78 is 40.1. The number of ether oxygens (including phenoxy) is 1. The molecule has 11 heavy (non-hydrogen) atoms. The first-order valence-electron chi connectivity index (χ1n) is 2.87. The molecule has 0 saturated heterocycles. The molecule has 0 aliphatic heterocycles. The molecule has 0 saturated carbocycles. The summed E-state index contributed by atoms with van der Waals surface area (Å²) in [6, 6.07) is 1.31. The van der Waals surface area contributed by atoms with Gasteiger partial charge in [0.1, 0.15) is 5.75 Å². The molecule has 62 valence electrons. The lowest BCUT2D eigenvalue weighted by molar-refractivity contribution is 0.415. The Balaban J connectivity index is 3.02. The second-order valence-corrected chi connectivity index (χ2v) is 2.88. The quantitative estimate of drug-likeness (QED) is 0.632. The van der Waals surface area contributed by atoms with Gasteiger partial charge in [-0.05, 0) is 16.2 Å². The predicted octanol–water partition coefficient (Wildman–Crippen LogP) is 1.81. The van der Waals surface area contributed by atoms with Crippen LogP contribution in [-0.2, 0) is 0 Å². The van der Waals surface area contributed by atoms with Crippen LogP contribution in [0.2, 0.25) is 0 Å². The Morgan fingerprint density at radius 2 is 2.09 bits per heavy atom. The molecular weight excluding hydrogens is 176 g/mol. The van der Waals surface area contributed by atoms with E-state index in [0.29, 0.717) is 11.3 Å². The Bertz CT molecular complexity index is 244. The van der Waals surface area contributed by atoms with Gasteiger partial charge >= 0.3 is 6.98 Å². The number of methoxy groups -OCH3 is 1. The summed E-state index contributed by atoms with van der Waals surface area (Å²) >= 11 is 0.659. The molecule has 1 nitrogen and oxygen atoms in total. The summed E-state index contributed by atoms with van der Waals surface area (Å²) in [5.41, 5.74) is 0.